The predicted molar refractivity (Wildman–Crippen MR) is 83.4 cm³/mol. The van der Waals surface area contributed by atoms with Gasteiger partial charge in [0, 0.05) is 13.1 Å². The lowest BCUT2D eigenvalue weighted by Gasteiger charge is -2.21. The zero-order valence-corrected chi connectivity index (χ0v) is 13.3. The highest BCUT2D eigenvalue weighted by Gasteiger charge is 2.17. The lowest BCUT2D eigenvalue weighted by molar-refractivity contribution is -0.122. The van der Waals surface area contributed by atoms with Crippen LogP contribution < -0.4 is 22.5 Å². The van der Waals surface area contributed by atoms with Crippen LogP contribution in [0.25, 0.3) is 0 Å². The highest BCUT2D eigenvalue weighted by Crippen LogP contribution is 2.01. The van der Waals surface area contributed by atoms with Gasteiger partial charge in [0.1, 0.15) is 19.8 Å². The number of primary amides is 1. The second-order valence-corrected chi connectivity index (χ2v) is 4.69. The molecule has 0 rings (SSSR count). The van der Waals surface area contributed by atoms with E-state index in [0.29, 0.717) is 19.5 Å². The summed E-state index contributed by atoms with van der Waals surface area (Å²) in [5.74, 6) is -0.387. The van der Waals surface area contributed by atoms with Gasteiger partial charge in [-0.05, 0) is 19.4 Å². The van der Waals surface area contributed by atoms with Gasteiger partial charge in [0.05, 0.1) is 6.54 Å². The van der Waals surface area contributed by atoms with Gasteiger partial charge in [0.15, 0.2) is 0 Å². The number of carbonyl (C=O) groups excluding carboxylic acids is 3. The maximum absolute atomic E-state index is 11.9. The average molecular weight is 333 g/mol. The molecule has 0 radical (unpaired) electrons. The lowest BCUT2D eigenvalue weighted by Crippen LogP contribution is -2.42. The molecule has 0 saturated heterocycles. The number of hydrogen-bond acceptors (Lipinski definition) is 7. The van der Waals surface area contributed by atoms with Crippen LogP contribution in [0.3, 0.4) is 0 Å². The third kappa shape index (κ3) is 12.2. The van der Waals surface area contributed by atoms with Crippen molar-refractivity contribution in [2.45, 2.75) is 19.3 Å². The first-order valence-electron chi connectivity index (χ1n) is 7.52. The van der Waals surface area contributed by atoms with Gasteiger partial charge in [-0.2, -0.15) is 0 Å². The first-order chi connectivity index (χ1) is 11.0. The Balaban J connectivity index is 4.22. The lowest BCUT2D eigenvalue weighted by atomic mass is 10.2. The SMILES string of the molecule is NCCCCCN(CC(=O)NCCOC(N)=O)C(=O)OCCN. The largest absolute Gasteiger partial charge is 0.448 e. The maximum atomic E-state index is 11.9. The fourth-order valence-corrected chi connectivity index (χ4v) is 1.67. The number of carbonyl (C=O) groups is 3. The van der Waals surface area contributed by atoms with Crippen LogP contribution in [-0.4, -0.2) is 68.9 Å². The highest BCUT2D eigenvalue weighted by molar-refractivity contribution is 5.82. The maximum Gasteiger partial charge on any atom is 0.410 e. The molecule has 0 aromatic heterocycles. The fraction of sp³-hybridized carbons (Fsp3) is 0.769. The van der Waals surface area contributed by atoms with E-state index in [1.165, 1.54) is 4.90 Å². The Morgan fingerprint density at radius 2 is 1.70 bits per heavy atom. The van der Waals surface area contributed by atoms with Crippen molar-refractivity contribution < 1.29 is 23.9 Å². The van der Waals surface area contributed by atoms with E-state index in [9.17, 15) is 14.4 Å². The van der Waals surface area contributed by atoms with E-state index in [1.807, 2.05) is 0 Å². The van der Waals surface area contributed by atoms with Gasteiger partial charge in [-0.1, -0.05) is 6.42 Å². The second-order valence-electron chi connectivity index (χ2n) is 4.69. The molecular formula is C13H27N5O5. The standard InChI is InChI=1S/C13H27N5O5/c14-4-2-1-3-7-18(13(21)23-8-5-15)10-11(19)17-6-9-22-12(16)20/h1-10,14-15H2,(H2,16,20)(H,17,19). The van der Waals surface area contributed by atoms with Crippen molar-refractivity contribution in [3.05, 3.63) is 0 Å². The number of nitrogens with two attached hydrogens (primary N) is 3. The fourth-order valence-electron chi connectivity index (χ4n) is 1.67. The van der Waals surface area contributed by atoms with Gasteiger partial charge in [0.2, 0.25) is 5.91 Å². The normalized spacial score (nSPS) is 10.0. The van der Waals surface area contributed by atoms with Crippen molar-refractivity contribution in [2.24, 2.45) is 17.2 Å². The van der Waals surface area contributed by atoms with Crippen molar-refractivity contribution >= 4 is 18.1 Å². The number of nitrogens with one attached hydrogen (secondary N) is 1. The summed E-state index contributed by atoms with van der Waals surface area (Å²) < 4.78 is 9.42. The Morgan fingerprint density at radius 1 is 0.957 bits per heavy atom. The van der Waals surface area contributed by atoms with Gasteiger partial charge in [-0.15, -0.1) is 0 Å². The molecular weight excluding hydrogens is 306 g/mol. The van der Waals surface area contributed by atoms with Crippen LogP contribution in [0.5, 0.6) is 0 Å². The first kappa shape index (κ1) is 20.9. The van der Waals surface area contributed by atoms with Crippen LogP contribution in [-0.2, 0) is 14.3 Å². The molecule has 0 spiro atoms. The van der Waals surface area contributed by atoms with Crippen molar-refractivity contribution in [1.29, 1.82) is 0 Å². The van der Waals surface area contributed by atoms with Crippen LogP contribution in [0.1, 0.15) is 19.3 Å². The summed E-state index contributed by atoms with van der Waals surface area (Å²) in [6.07, 6.45) is 0.915. The van der Waals surface area contributed by atoms with Gasteiger partial charge in [-0.25, -0.2) is 9.59 Å². The highest BCUT2D eigenvalue weighted by atomic mass is 16.6. The van der Waals surface area contributed by atoms with Crippen LogP contribution in [0, 0.1) is 0 Å². The molecule has 0 aliphatic rings. The quantitative estimate of drug-likeness (QED) is 0.323. The molecule has 0 aromatic carbocycles. The minimum Gasteiger partial charge on any atom is -0.448 e. The topological polar surface area (TPSA) is 163 Å². The summed E-state index contributed by atoms with van der Waals surface area (Å²) in [6, 6.07) is 0. The summed E-state index contributed by atoms with van der Waals surface area (Å²) in [5.41, 5.74) is 15.5. The third-order valence-corrected chi connectivity index (χ3v) is 2.74. The van der Waals surface area contributed by atoms with E-state index < -0.39 is 12.2 Å². The molecule has 0 saturated carbocycles. The van der Waals surface area contributed by atoms with Gasteiger partial charge < -0.3 is 32.0 Å². The molecule has 0 fully saturated rings. The van der Waals surface area contributed by atoms with Crippen molar-refractivity contribution in [3.8, 4) is 0 Å². The second kappa shape index (κ2) is 13.6. The summed E-state index contributed by atoms with van der Waals surface area (Å²) in [5, 5.41) is 2.52. The van der Waals surface area contributed by atoms with Crippen LogP contribution in [0.2, 0.25) is 0 Å². The molecule has 0 bridgehead atoms. The number of amides is 3. The number of unbranched alkanes of at least 4 members (excludes halogenated alkanes) is 2. The molecule has 10 heteroatoms. The van der Waals surface area contributed by atoms with E-state index in [2.05, 4.69) is 10.1 Å². The molecule has 0 aromatic rings. The molecule has 0 unspecified atom stereocenters. The minimum absolute atomic E-state index is 0.0325. The Hall–Kier alpha value is -2.07. The Kier molecular flexibility index (Phi) is 12.4. The van der Waals surface area contributed by atoms with E-state index in [1.54, 1.807) is 0 Å². The van der Waals surface area contributed by atoms with Crippen molar-refractivity contribution in [2.75, 3.05) is 45.9 Å². The zero-order valence-electron chi connectivity index (χ0n) is 13.3. The molecule has 23 heavy (non-hydrogen) atoms. The molecule has 0 aliphatic heterocycles. The van der Waals surface area contributed by atoms with Crippen LogP contribution >= 0.6 is 0 Å². The molecule has 10 nitrogen and oxygen atoms in total. The van der Waals surface area contributed by atoms with Gasteiger partial charge >= 0.3 is 12.2 Å². The van der Waals surface area contributed by atoms with Crippen molar-refractivity contribution in [3.63, 3.8) is 0 Å². The molecule has 0 heterocycles. The first-order valence-corrected chi connectivity index (χ1v) is 7.52. The number of rotatable bonds is 12. The molecule has 0 atom stereocenters. The summed E-state index contributed by atoms with van der Waals surface area (Å²) in [4.78, 5) is 35.4. The van der Waals surface area contributed by atoms with Gasteiger partial charge in [0.25, 0.3) is 0 Å². The molecule has 7 N–H and O–H groups in total. The molecule has 0 aliphatic carbocycles. The summed E-state index contributed by atoms with van der Waals surface area (Å²) in [6.45, 7) is 1.20. The summed E-state index contributed by atoms with van der Waals surface area (Å²) in [7, 11) is 0. The van der Waals surface area contributed by atoms with Crippen LogP contribution in [0.4, 0.5) is 9.59 Å². The monoisotopic (exact) mass is 333 g/mol. The number of nitrogens with zero attached hydrogens (tertiary/aromatic N) is 1. The third-order valence-electron chi connectivity index (χ3n) is 2.74. The van der Waals surface area contributed by atoms with Gasteiger partial charge in [-0.3, -0.25) is 9.69 Å². The Labute approximate surface area is 135 Å². The Bertz CT molecular complexity index is 367. The Morgan fingerprint density at radius 3 is 2.30 bits per heavy atom. The van der Waals surface area contributed by atoms with E-state index in [-0.39, 0.29) is 38.8 Å². The molecule has 3 amide bonds. The number of hydrogen-bond donors (Lipinski definition) is 4. The van der Waals surface area contributed by atoms with Crippen LogP contribution in [0.15, 0.2) is 0 Å². The van der Waals surface area contributed by atoms with E-state index in [4.69, 9.17) is 21.9 Å². The predicted octanol–water partition coefficient (Wildman–Crippen LogP) is -1.28. The summed E-state index contributed by atoms with van der Waals surface area (Å²) >= 11 is 0. The molecule has 134 valence electrons. The minimum atomic E-state index is -0.911. The smallest absolute Gasteiger partial charge is 0.410 e. The number of ether oxygens (including phenoxy) is 2. The van der Waals surface area contributed by atoms with Crippen molar-refractivity contribution in [1.82, 2.24) is 10.2 Å². The van der Waals surface area contributed by atoms with E-state index in [0.717, 1.165) is 12.8 Å². The van der Waals surface area contributed by atoms with E-state index >= 15 is 0 Å². The zero-order chi connectivity index (χ0) is 17.5. The average Bonchev–Trinajstić information content (AvgIpc) is 2.52.